The number of hydrogen-bond donors (Lipinski definition) is 0. The molecule has 1 aromatic carbocycles. The maximum absolute atomic E-state index is 10.7. The van der Waals surface area contributed by atoms with Crippen molar-refractivity contribution in [1.29, 1.82) is 5.26 Å². The number of rotatable bonds is 1. The molecule has 2 aromatic rings. The maximum Gasteiger partial charge on any atom is 0.270 e. The van der Waals surface area contributed by atoms with Crippen molar-refractivity contribution in [2.75, 3.05) is 0 Å². The van der Waals surface area contributed by atoms with Crippen molar-refractivity contribution in [2.24, 2.45) is 7.05 Å². The van der Waals surface area contributed by atoms with E-state index in [4.69, 9.17) is 5.26 Å². The van der Waals surface area contributed by atoms with Crippen LogP contribution in [0.1, 0.15) is 11.3 Å². The van der Waals surface area contributed by atoms with E-state index in [1.807, 2.05) is 18.5 Å². The van der Waals surface area contributed by atoms with Gasteiger partial charge in [0.15, 0.2) is 0 Å². The number of non-ortho nitro benzene ring substituents is 1. The van der Waals surface area contributed by atoms with Crippen molar-refractivity contribution in [3.05, 3.63) is 39.6 Å². The van der Waals surface area contributed by atoms with E-state index in [0.717, 1.165) is 11.2 Å². The molecule has 1 aromatic heterocycles. The Morgan fingerprint density at radius 3 is 2.75 bits per heavy atom. The van der Waals surface area contributed by atoms with Gasteiger partial charge in [0.1, 0.15) is 6.07 Å². The first kappa shape index (κ1) is 10.2. The van der Waals surface area contributed by atoms with Crippen LogP contribution in [0.25, 0.3) is 10.9 Å². The number of aromatic nitrogens is 1. The van der Waals surface area contributed by atoms with E-state index in [0.29, 0.717) is 10.9 Å². The molecule has 0 aliphatic heterocycles. The molecule has 80 valence electrons. The van der Waals surface area contributed by atoms with E-state index >= 15 is 0 Å². The summed E-state index contributed by atoms with van der Waals surface area (Å²) < 4.78 is 1.86. The van der Waals surface area contributed by atoms with Crippen LogP contribution in [0.4, 0.5) is 5.69 Å². The van der Waals surface area contributed by atoms with Gasteiger partial charge in [0.05, 0.1) is 10.5 Å². The number of benzene rings is 1. The van der Waals surface area contributed by atoms with Crippen molar-refractivity contribution in [1.82, 2.24) is 4.57 Å². The van der Waals surface area contributed by atoms with Gasteiger partial charge >= 0.3 is 0 Å². The van der Waals surface area contributed by atoms with Gasteiger partial charge in [-0.2, -0.15) is 5.26 Å². The Morgan fingerprint density at radius 2 is 2.19 bits per heavy atom. The molecular formula is C11H9N3O2. The highest BCUT2D eigenvalue weighted by atomic mass is 16.6. The van der Waals surface area contributed by atoms with Crippen LogP contribution in [-0.4, -0.2) is 9.49 Å². The van der Waals surface area contributed by atoms with Crippen molar-refractivity contribution in [2.45, 2.75) is 6.92 Å². The first-order chi connectivity index (χ1) is 7.56. The highest BCUT2D eigenvalue weighted by molar-refractivity contribution is 5.89. The van der Waals surface area contributed by atoms with Crippen LogP contribution in [-0.2, 0) is 7.05 Å². The average molecular weight is 215 g/mol. The summed E-state index contributed by atoms with van der Waals surface area (Å²) in [4.78, 5) is 10.2. The van der Waals surface area contributed by atoms with Gasteiger partial charge in [-0.1, -0.05) is 0 Å². The van der Waals surface area contributed by atoms with Crippen molar-refractivity contribution in [3.8, 4) is 6.07 Å². The summed E-state index contributed by atoms with van der Waals surface area (Å²) in [5, 5.41) is 20.3. The Kier molecular flexibility index (Phi) is 2.13. The lowest BCUT2D eigenvalue weighted by molar-refractivity contribution is -0.384. The number of nitriles is 1. The van der Waals surface area contributed by atoms with E-state index in [1.165, 1.54) is 12.1 Å². The Labute approximate surface area is 91.7 Å². The van der Waals surface area contributed by atoms with Gasteiger partial charge in [0.2, 0.25) is 0 Å². The second-order valence-corrected chi connectivity index (χ2v) is 3.59. The molecule has 0 saturated carbocycles. The fraction of sp³-hybridized carbons (Fsp3) is 0.182. The van der Waals surface area contributed by atoms with Crippen molar-refractivity contribution in [3.63, 3.8) is 0 Å². The summed E-state index contributed by atoms with van der Waals surface area (Å²) in [7, 11) is 1.84. The Morgan fingerprint density at radius 1 is 1.50 bits per heavy atom. The summed E-state index contributed by atoms with van der Waals surface area (Å²) in [5.41, 5.74) is 2.16. The molecule has 0 saturated heterocycles. The fourth-order valence-electron chi connectivity index (χ4n) is 1.81. The quantitative estimate of drug-likeness (QED) is 0.541. The van der Waals surface area contributed by atoms with Gasteiger partial charge in [-0.05, 0) is 13.0 Å². The summed E-state index contributed by atoms with van der Waals surface area (Å²) in [5.74, 6) is 0. The smallest absolute Gasteiger partial charge is 0.270 e. The minimum absolute atomic E-state index is 0.00889. The predicted octanol–water partition coefficient (Wildman–Crippen LogP) is 2.27. The Bertz CT molecular complexity index is 635. The van der Waals surface area contributed by atoms with Gasteiger partial charge in [-0.25, -0.2) is 0 Å². The molecule has 0 unspecified atom stereocenters. The Balaban J connectivity index is 2.88. The van der Waals surface area contributed by atoms with Gasteiger partial charge < -0.3 is 4.57 Å². The highest BCUT2D eigenvalue weighted by Crippen LogP contribution is 2.27. The second kappa shape index (κ2) is 3.35. The fourth-order valence-corrected chi connectivity index (χ4v) is 1.81. The zero-order valence-electron chi connectivity index (χ0n) is 8.89. The molecule has 16 heavy (non-hydrogen) atoms. The van der Waals surface area contributed by atoms with Gasteiger partial charge in [-0.15, -0.1) is 0 Å². The number of fused-ring (bicyclic) bond motifs is 1. The molecule has 0 N–H and O–H groups in total. The molecule has 0 bridgehead atoms. The zero-order valence-corrected chi connectivity index (χ0v) is 8.89. The average Bonchev–Trinajstić information content (AvgIpc) is 2.51. The minimum atomic E-state index is -0.455. The third kappa shape index (κ3) is 1.24. The normalized spacial score (nSPS) is 10.3. The van der Waals surface area contributed by atoms with E-state index in [2.05, 4.69) is 6.07 Å². The summed E-state index contributed by atoms with van der Waals surface area (Å²) in [6, 6.07) is 6.64. The number of nitro groups is 1. The monoisotopic (exact) mass is 215 g/mol. The summed E-state index contributed by atoms with van der Waals surface area (Å²) in [6.45, 7) is 1.82. The molecule has 0 aliphatic rings. The predicted molar refractivity (Wildman–Crippen MR) is 59.0 cm³/mol. The number of nitrogens with zero attached hydrogens (tertiary/aromatic N) is 3. The highest BCUT2D eigenvalue weighted by Gasteiger charge is 2.15. The lowest BCUT2D eigenvalue weighted by Gasteiger charge is -1.97. The SMILES string of the molecule is Cc1c(C#N)c2cc([N+](=O)[O-])ccc2n1C. The molecule has 0 amide bonds. The van der Waals surface area contributed by atoms with Crippen LogP contribution in [0.15, 0.2) is 18.2 Å². The lowest BCUT2D eigenvalue weighted by atomic mass is 10.1. The second-order valence-electron chi connectivity index (χ2n) is 3.59. The molecule has 2 rings (SSSR count). The van der Waals surface area contributed by atoms with Crippen LogP contribution < -0.4 is 0 Å². The molecule has 0 fully saturated rings. The molecular weight excluding hydrogens is 206 g/mol. The third-order valence-electron chi connectivity index (χ3n) is 2.80. The molecule has 5 heteroatoms. The molecule has 5 nitrogen and oxygen atoms in total. The number of hydrogen-bond acceptors (Lipinski definition) is 3. The molecule has 0 aliphatic carbocycles. The number of aryl methyl sites for hydroxylation is 1. The van der Waals surface area contributed by atoms with Crippen molar-refractivity contribution >= 4 is 16.6 Å². The van der Waals surface area contributed by atoms with Crippen molar-refractivity contribution < 1.29 is 4.92 Å². The summed E-state index contributed by atoms with van der Waals surface area (Å²) in [6.07, 6.45) is 0. The largest absolute Gasteiger partial charge is 0.347 e. The Hall–Kier alpha value is -2.35. The maximum atomic E-state index is 10.7. The molecule has 0 atom stereocenters. The van der Waals surface area contributed by atoms with Gasteiger partial charge in [0.25, 0.3) is 5.69 Å². The molecule has 1 heterocycles. The molecule has 0 spiro atoms. The minimum Gasteiger partial charge on any atom is -0.347 e. The van der Waals surface area contributed by atoms with Crippen LogP contribution in [0.2, 0.25) is 0 Å². The van der Waals surface area contributed by atoms with E-state index in [1.54, 1.807) is 6.07 Å². The van der Waals surface area contributed by atoms with Crippen LogP contribution in [0.3, 0.4) is 0 Å². The van der Waals surface area contributed by atoms with Crippen LogP contribution >= 0.6 is 0 Å². The van der Waals surface area contributed by atoms with E-state index in [9.17, 15) is 10.1 Å². The zero-order chi connectivity index (χ0) is 11.9. The van der Waals surface area contributed by atoms with Crippen LogP contribution in [0.5, 0.6) is 0 Å². The lowest BCUT2D eigenvalue weighted by Crippen LogP contribution is -1.90. The first-order valence-electron chi connectivity index (χ1n) is 4.69. The first-order valence-corrected chi connectivity index (χ1v) is 4.69. The van der Waals surface area contributed by atoms with Gasteiger partial charge in [-0.3, -0.25) is 10.1 Å². The number of nitro benzene ring substituents is 1. The summed E-state index contributed by atoms with van der Waals surface area (Å²) >= 11 is 0. The van der Waals surface area contributed by atoms with E-state index in [-0.39, 0.29) is 5.69 Å². The third-order valence-corrected chi connectivity index (χ3v) is 2.80. The molecule has 0 radical (unpaired) electrons. The topological polar surface area (TPSA) is 71.9 Å². The standard InChI is InChI=1S/C11H9N3O2/c1-7-10(6-12)9-5-8(14(15)16)3-4-11(9)13(7)2/h3-5H,1-2H3. The van der Waals surface area contributed by atoms with E-state index < -0.39 is 4.92 Å². The van der Waals surface area contributed by atoms with Crippen LogP contribution in [0, 0.1) is 28.4 Å². The van der Waals surface area contributed by atoms with Gasteiger partial charge in [0, 0.05) is 35.8 Å².